The Hall–Kier alpha value is -2.84. The second-order valence-electron chi connectivity index (χ2n) is 7.48. The number of amides is 1. The van der Waals surface area contributed by atoms with Crippen LogP contribution < -0.4 is 25.0 Å². The van der Waals surface area contributed by atoms with Gasteiger partial charge in [-0.05, 0) is 36.4 Å². The summed E-state index contributed by atoms with van der Waals surface area (Å²) < 4.78 is 12.1. The van der Waals surface area contributed by atoms with Gasteiger partial charge in [-0.15, -0.1) is 0 Å². The van der Waals surface area contributed by atoms with Crippen LogP contribution in [-0.4, -0.2) is 50.8 Å². The average molecular weight is 425 g/mol. The van der Waals surface area contributed by atoms with Crippen LogP contribution in [-0.2, 0) is 0 Å². The highest BCUT2D eigenvalue weighted by Gasteiger charge is 2.24. The van der Waals surface area contributed by atoms with Gasteiger partial charge in [-0.1, -0.05) is 11.3 Å². The zero-order valence-electron chi connectivity index (χ0n) is 16.8. The number of hydrogen-bond donors (Lipinski definition) is 2. The van der Waals surface area contributed by atoms with Crippen molar-refractivity contribution in [2.75, 3.05) is 44.8 Å². The molecule has 8 heteroatoms. The standard InChI is InChI=1S/C22H24N4O3S/c1-28-15-3-5-19-16(13-15)17(6-11-29-19)24-21(27)14-2-4-18-20(12-14)30-22(25-18)26-9-7-23-8-10-26/h2-5,12-13,17,23H,6-11H2,1H3,(H,24,27)/t17-/m0/s1. The van der Waals surface area contributed by atoms with Crippen molar-refractivity contribution in [2.24, 2.45) is 0 Å². The number of benzene rings is 2. The van der Waals surface area contributed by atoms with Crippen LogP contribution in [0, 0.1) is 0 Å². The van der Waals surface area contributed by atoms with E-state index in [1.165, 1.54) is 0 Å². The molecule has 2 aromatic carbocycles. The maximum absolute atomic E-state index is 13.0. The van der Waals surface area contributed by atoms with Gasteiger partial charge in [-0.3, -0.25) is 4.79 Å². The third-order valence-corrected chi connectivity index (χ3v) is 6.67. The average Bonchev–Trinajstić information content (AvgIpc) is 3.23. The van der Waals surface area contributed by atoms with E-state index >= 15 is 0 Å². The lowest BCUT2D eigenvalue weighted by Crippen LogP contribution is -2.43. The molecule has 1 amide bonds. The Bertz CT molecular complexity index is 1080. The summed E-state index contributed by atoms with van der Waals surface area (Å²) in [5, 5.41) is 7.55. The molecule has 2 aliphatic rings. The second-order valence-corrected chi connectivity index (χ2v) is 8.49. The molecule has 0 spiro atoms. The maximum atomic E-state index is 13.0. The quantitative estimate of drug-likeness (QED) is 0.671. The normalized spacial score (nSPS) is 18.6. The summed E-state index contributed by atoms with van der Waals surface area (Å²) in [6, 6.07) is 11.3. The van der Waals surface area contributed by atoms with E-state index in [0.717, 1.165) is 65.0 Å². The highest BCUT2D eigenvalue weighted by atomic mass is 32.1. The Balaban J connectivity index is 1.36. The van der Waals surface area contributed by atoms with Crippen LogP contribution in [0.5, 0.6) is 11.5 Å². The lowest BCUT2D eigenvalue weighted by Gasteiger charge is -2.27. The molecular weight excluding hydrogens is 400 g/mol. The van der Waals surface area contributed by atoms with E-state index < -0.39 is 0 Å². The topological polar surface area (TPSA) is 75.7 Å². The molecule has 2 N–H and O–H groups in total. The van der Waals surface area contributed by atoms with Crippen molar-refractivity contribution in [1.82, 2.24) is 15.6 Å². The summed E-state index contributed by atoms with van der Waals surface area (Å²) in [4.78, 5) is 20.1. The fourth-order valence-corrected chi connectivity index (χ4v) is 4.99. The van der Waals surface area contributed by atoms with Crippen molar-refractivity contribution in [3.8, 4) is 11.5 Å². The summed E-state index contributed by atoms with van der Waals surface area (Å²) in [6.45, 7) is 4.44. The Morgan fingerprint density at radius 3 is 2.97 bits per heavy atom. The van der Waals surface area contributed by atoms with Gasteiger partial charge in [0.2, 0.25) is 0 Å². The van der Waals surface area contributed by atoms with Crippen LogP contribution in [0.2, 0.25) is 0 Å². The first-order chi connectivity index (χ1) is 14.7. The van der Waals surface area contributed by atoms with Gasteiger partial charge in [-0.2, -0.15) is 0 Å². The molecule has 3 aromatic rings. The van der Waals surface area contributed by atoms with Crippen LogP contribution in [0.3, 0.4) is 0 Å². The van der Waals surface area contributed by atoms with E-state index in [9.17, 15) is 4.79 Å². The number of ether oxygens (including phenoxy) is 2. The zero-order chi connectivity index (χ0) is 20.5. The van der Waals surface area contributed by atoms with Crippen molar-refractivity contribution in [1.29, 1.82) is 0 Å². The van der Waals surface area contributed by atoms with Crippen molar-refractivity contribution < 1.29 is 14.3 Å². The van der Waals surface area contributed by atoms with Gasteiger partial charge in [0.05, 0.1) is 30.0 Å². The molecule has 2 aliphatic heterocycles. The van der Waals surface area contributed by atoms with Crippen LogP contribution in [0.4, 0.5) is 5.13 Å². The number of piperazine rings is 1. The number of hydrogen-bond acceptors (Lipinski definition) is 7. The van der Waals surface area contributed by atoms with Gasteiger partial charge >= 0.3 is 0 Å². The number of nitrogens with zero attached hydrogens (tertiary/aromatic N) is 2. The Morgan fingerprint density at radius 1 is 1.27 bits per heavy atom. The Kier molecular flexibility index (Phi) is 5.18. The number of methoxy groups -OCH3 is 1. The van der Waals surface area contributed by atoms with Gasteiger partial charge in [0.1, 0.15) is 11.5 Å². The molecule has 1 saturated heterocycles. The highest BCUT2D eigenvalue weighted by molar-refractivity contribution is 7.22. The number of carbonyl (C=O) groups excluding carboxylic acids is 1. The molecule has 0 saturated carbocycles. The number of thiazole rings is 1. The number of fused-ring (bicyclic) bond motifs is 2. The van der Waals surface area contributed by atoms with Gasteiger partial charge in [0.15, 0.2) is 5.13 Å². The fraction of sp³-hybridized carbons (Fsp3) is 0.364. The summed E-state index contributed by atoms with van der Waals surface area (Å²) in [7, 11) is 1.64. The molecule has 5 rings (SSSR count). The zero-order valence-corrected chi connectivity index (χ0v) is 17.6. The van der Waals surface area contributed by atoms with Crippen molar-refractivity contribution >= 4 is 32.6 Å². The predicted octanol–water partition coefficient (Wildman–Crippen LogP) is 2.97. The summed E-state index contributed by atoms with van der Waals surface area (Å²) in [6.07, 6.45) is 0.724. The van der Waals surface area contributed by atoms with E-state index in [-0.39, 0.29) is 11.9 Å². The minimum absolute atomic E-state index is 0.0882. The van der Waals surface area contributed by atoms with Crippen LogP contribution in [0.15, 0.2) is 36.4 Å². The summed E-state index contributed by atoms with van der Waals surface area (Å²) >= 11 is 1.65. The third-order valence-electron chi connectivity index (χ3n) is 5.59. The molecule has 30 heavy (non-hydrogen) atoms. The van der Waals surface area contributed by atoms with Crippen molar-refractivity contribution in [3.05, 3.63) is 47.5 Å². The maximum Gasteiger partial charge on any atom is 0.251 e. The van der Waals surface area contributed by atoms with Gasteiger partial charge < -0.3 is 25.0 Å². The molecule has 156 valence electrons. The van der Waals surface area contributed by atoms with Gasteiger partial charge in [0, 0.05) is 43.7 Å². The first-order valence-electron chi connectivity index (χ1n) is 10.2. The molecule has 7 nitrogen and oxygen atoms in total. The molecule has 0 unspecified atom stereocenters. The van der Waals surface area contributed by atoms with Crippen LogP contribution in [0.1, 0.15) is 28.4 Å². The SMILES string of the molecule is COc1ccc2c(c1)[C@@H](NC(=O)c1ccc3nc(N4CCNCC4)sc3c1)CCO2. The monoisotopic (exact) mass is 424 g/mol. The highest BCUT2D eigenvalue weighted by Crippen LogP contribution is 2.35. The number of aromatic nitrogens is 1. The molecule has 3 heterocycles. The smallest absolute Gasteiger partial charge is 0.251 e. The lowest BCUT2D eigenvalue weighted by molar-refractivity contribution is 0.0925. The molecule has 1 fully saturated rings. The van der Waals surface area contributed by atoms with Crippen molar-refractivity contribution in [3.63, 3.8) is 0 Å². The van der Waals surface area contributed by atoms with Crippen LogP contribution in [0.25, 0.3) is 10.2 Å². The first-order valence-corrected chi connectivity index (χ1v) is 11.0. The van der Waals surface area contributed by atoms with Crippen LogP contribution >= 0.6 is 11.3 Å². The largest absolute Gasteiger partial charge is 0.497 e. The minimum Gasteiger partial charge on any atom is -0.497 e. The van der Waals surface area contributed by atoms with E-state index in [1.807, 2.05) is 36.4 Å². The van der Waals surface area contributed by atoms with E-state index in [1.54, 1.807) is 18.4 Å². The van der Waals surface area contributed by atoms with Crippen molar-refractivity contribution in [2.45, 2.75) is 12.5 Å². The number of nitrogens with one attached hydrogen (secondary N) is 2. The summed E-state index contributed by atoms with van der Waals surface area (Å²) in [5.74, 6) is 1.46. The second kappa shape index (κ2) is 8.12. The summed E-state index contributed by atoms with van der Waals surface area (Å²) in [5.41, 5.74) is 2.54. The molecule has 0 radical (unpaired) electrons. The first kappa shape index (κ1) is 19.1. The van der Waals surface area contributed by atoms with Gasteiger partial charge in [0.25, 0.3) is 5.91 Å². The number of rotatable bonds is 4. The molecular formula is C22H24N4O3S. The van der Waals surface area contributed by atoms with E-state index in [0.29, 0.717) is 12.2 Å². The van der Waals surface area contributed by atoms with E-state index in [2.05, 4.69) is 15.5 Å². The van der Waals surface area contributed by atoms with E-state index in [4.69, 9.17) is 14.5 Å². The fourth-order valence-electron chi connectivity index (χ4n) is 3.94. The minimum atomic E-state index is -0.107. The molecule has 1 aromatic heterocycles. The molecule has 0 bridgehead atoms. The number of anilines is 1. The Morgan fingerprint density at radius 2 is 2.13 bits per heavy atom. The Labute approximate surface area is 179 Å². The molecule has 1 atom stereocenters. The number of carbonyl (C=O) groups is 1. The third kappa shape index (κ3) is 3.68. The molecule has 0 aliphatic carbocycles. The lowest BCUT2D eigenvalue weighted by atomic mass is 9.99. The van der Waals surface area contributed by atoms with Gasteiger partial charge in [-0.25, -0.2) is 4.98 Å². The predicted molar refractivity (Wildman–Crippen MR) is 118 cm³/mol.